The number of fused-ring (bicyclic) bond motifs is 2. The summed E-state index contributed by atoms with van der Waals surface area (Å²) in [6.45, 7) is 0.635. The molecule has 34 heavy (non-hydrogen) atoms. The summed E-state index contributed by atoms with van der Waals surface area (Å²) in [7, 11) is 0. The van der Waals surface area contributed by atoms with E-state index in [1.165, 1.54) is 28.8 Å². The van der Waals surface area contributed by atoms with Crippen molar-refractivity contribution in [2.75, 3.05) is 6.54 Å². The highest BCUT2D eigenvalue weighted by Crippen LogP contribution is 2.42. The number of alkyl halides is 3. The van der Waals surface area contributed by atoms with Crippen LogP contribution < -0.4 is 10.1 Å². The number of ether oxygens (including phenoxy) is 1. The lowest BCUT2D eigenvalue weighted by atomic mass is 9.88. The summed E-state index contributed by atoms with van der Waals surface area (Å²) in [4.78, 5) is 14.9. The maximum absolute atomic E-state index is 13.2. The largest absolute Gasteiger partial charge is 0.475 e. The quantitative estimate of drug-likeness (QED) is 0.524. The smallest absolute Gasteiger partial charge is 0.416 e. The van der Waals surface area contributed by atoms with Gasteiger partial charge in [-0.05, 0) is 46.9 Å². The number of carbonyl (C=O) groups excluding carboxylic acids is 1. The molecule has 0 saturated carbocycles. The fourth-order valence-corrected chi connectivity index (χ4v) is 4.94. The van der Waals surface area contributed by atoms with E-state index in [-0.39, 0.29) is 36.7 Å². The first-order valence-corrected chi connectivity index (χ1v) is 11.4. The van der Waals surface area contributed by atoms with Gasteiger partial charge in [0.2, 0.25) is 5.91 Å². The summed E-state index contributed by atoms with van der Waals surface area (Å²) in [5.41, 5.74) is 3.03. The van der Waals surface area contributed by atoms with Crippen molar-refractivity contribution in [1.29, 1.82) is 0 Å². The van der Waals surface area contributed by atoms with Crippen LogP contribution in [0.3, 0.4) is 0 Å². The van der Waals surface area contributed by atoms with Crippen molar-refractivity contribution < 1.29 is 22.7 Å². The third-order valence-electron chi connectivity index (χ3n) is 6.56. The van der Waals surface area contributed by atoms with E-state index in [1.54, 1.807) is 6.07 Å². The molecule has 1 amide bonds. The lowest BCUT2D eigenvalue weighted by Gasteiger charge is -2.39. The first kappa shape index (κ1) is 22.5. The lowest BCUT2D eigenvalue weighted by molar-refractivity contribution is -0.138. The zero-order chi connectivity index (χ0) is 23.7. The molecule has 2 aliphatic heterocycles. The number of benzene rings is 3. The van der Waals surface area contributed by atoms with E-state index in [1.807, 2.05) is 24.3 Å². The van der Waals surface area contributed by atoms with Gasteiger partial charge in [0.1, 0.15) is 5.75 Å². The molecule has 7 heteroatoms. The molecule has 4 nitrogen and oxygen atoms in total. The SMILES string of the molecule is O=C(CCC1Oc2ccc3c(c2)C(c2ccccc2)N1CC3)NCc1ccccc1C(F)(F)F. The van der Waals surface area contributed by atoms with Gasteiger partial charge in [-0.15, -0.1) is 0 Å². The van der Waals surface area contributed by atoms with Crippen molar-refractivity contribution in [3.63, 3.8) is 0 Å². The number of hydrogen-bond acceptors (Lipinski definition) is 3. The highest BCUT2D eigenvalue weighted by molar-refractivity contribution is 5.75. The van der Waals surface area contributed by atoms with Gasteiger partial charge < -0.3 is 10.1 Å². The second kappa shape index (κ2) is 9.14. The number of nitrogens with one attached hydrogen (secondary N) is 1. The molecule has 0 fully saturated rings. The van der Waals surface area contributed by atoms with Crippen LogP contribution in [-0.4, -0.2) is 23.6 Å². The molecule has 3 unspecified atom stereocenters. The third-order valence-corrected chi connectivity index (χ3v) is 6.56. The Bertz CT molecular complexity index is 1180. The Morgan fingerprint density at radius 3 is 2.59 bits per heavy atom. The van der Waals surface area contributed by atoms with E-state index in [0.29, 0.717) is 6.42 Å². The van der Waals surface area contributed by atoms with E-state index in [9.17, 15) is 18.0 Å². The van der Waals surface area contributed by atoms with E-state index in [4.69, 9.17) is 4.74 Å². The molecule has 2 heterocycles. The summed E-state index contributed by atoms with van der Waals surface area (Å²) in [5.74, 6) is 0.471. The molecule has 0 saturated heterocycles. The van der Waals surface area contributed by atoms with Crippen LogP contribution in [-0.2, 0) is 23.9 Å². The molecule has 0 spiro atoms. The van der Waals surface area contributed by atoms with Crippen LogP contribution in [0.1, 0.15) is 46.7 Å². The van der Waals surface area contributed by atoms with Gasteiger partial charge in [0, 0.05) is 25.9 Å². The number of amides is 1. The van der Waals surface area contributed by atoms with Gasteiger partial charge in [-0.3, -0.25) is 9.69 Å². The van der Waals surface area contributed by atoms with E-state index in [0.717, 1.165) is 24.8 Å². The average molecular weight is 467 g/mol. The van der Waals surface area contributed by atoms with Crippen molar-refractivity contribution in [3.05, 3.63) is 101 Å². The van der Waals surface area contributed by atoms with Crippen molar-refractivity contribution in [2.45, 2.75) is 44.3 Å². The van der Waals surface area contributed by atoms with Gasteiger partial charge in [0.05, 0.1) is 11.6 Å². The van der Waals surface area contributed by atoms with Crippen molar-refractivity contribution in [1.82, 2.24) is 10.2 Å². The van der Waals surface area contributed by atoms with Gasteiger partial charge in [-0.25, -0.2) is 0 Å². The topological polar surface area (TPSA) is 41.6 Å². The van der Waals surface area contributed by atoms with Gasteiger partial charge in [0.15, 0.2) is 6.23 Å². The van der Waals surface area contributed by atoms with E-state index >= 15 is 0 Å². The van der Waals surface area contributed by atoms with Gasteiger partial charge >= 0.3 is 6.18 Å². The highest BCUT2D eigenvalue weighted by atomic mass is 19.4. The molecule has 2 aliphatic rings. The second-order valence-corrected chi connectivity index (χ2v) is 8.70. The summed E-state index contributed by atoms with van der Waals surface area (Å²) in [5, 5.41) is 2.65. The van der Waals surface area contributed by atoms with E-state index < -0.39 is 11.7 Å². The minimum absolute atomic E-state index is 0.0409. The summed E-state index contributed by atoms with van der Waals surface area (Å²) in [6, 6.07) is 21.8. The molecule has 5 rings (SSSR count). The monoisotopic (exact) mass is 466 g/mol. The summed E-state index contributed by atoms with van der Waals surface area (Å²) in [6.07, 6.45) is -3.28. The zero-order valence-electron chi connectivity index (χ0n) is 18.5. The minimum Gasteiger partial charge on any atom is -0.475 e. The molecule has 3 atom stereocenters. The molecule has 3 bridgehead atoms. The molecule has 0 aromatic heterocycles. The van der Waals surface area contributed by atoms with Crippen LogP contribution in [0.25, 0.3) is 0 Å². The van der Waals surface area contributed by atoms with E-state index in [2.05, 4.69) is 34.5 Å². The van der Waals surface area contributed by atoms with Gasteiger partial charge in [-0.2, -0.15) is 13.2 Å². The number of hydrogen-bond donors (Lipinski definition) is 1. The molecular weight excluding hydrogens is 441 g/mol. The Kier molecular flexibility index (Phi) is 6.04. The summed E-state index contributed by atoms with van der Waals surface area (Å²) < 4.78 is 45.9. The maximum atomic E-state index is 13.2. The minimum atomic E-state index is -4.46. The highest BCUT2D eigenvalue weighted by Gasteiger charge is 2.37. The van der Waals surface area contributed by atoms with Crippen LogP contribution in [0.5, 0.6) is 5.75 Å². The van der Waals surface area contributed by atoms with Crippen molar-refractivity contribution >= 4 is 5.91 Å². The molecule has 3 aromatic rings. The lowest BCUT2D eigenvalue weighted by Crippen LogP contribution is -2.45. The number of carbonyl (C=O) groups is 1. The van der Waals surface area contributed by atoms with Crippen LogP contribution >= 0.6 is 0 Å². The molecule has 1 N–H and O–H groups in total. The second-order valence-electron chi connectivity index (χ2n) is 8.70. The zero-order valence-corrected chi connectivity index (χ0v) is 18.5. The van der Waals surface area contributed by atoms with Gasteiger partial charge in [-0.1, -0.05) is 54.6 Å². The van der Waals surface area contributed by atoms with Crippen LogP contribution in [0.15, 0.2) is 72.8 Å². The first-order chi connectivity index (χ1) is 16.4. The Morgan fingerprint density at radius 2 is 1.79 bits per heavy atom. The van der Waals surface area contributed by atoms with Crippen LogP contribution in [0.4, 0.5) is 13.2 Å². The maximum Gasteiger partial charge on any atom is 0.416 e. The normalized spacial score (nSPS) is 21.0. The predicted octanol–water partition coefficient (Wildman–Crippen LogP) is 5.47. The standard InChI is InChI=1S/C27H25F3N2O2/c28-27(29,30)23-9-5-4-8-20(23)17-31-24(33)12-13-25-32-15-14-18-10-11-21(34-25)16-22(18)26(32)19-6-2-1-3-7-19/h1-11,16,25-26H,12-15,17H2,(H,31,33). The molecular formula is C27H25F3N2O2. The summed E-state index contributed by atoms with van der Waals surface area (Å²) >= 11 is 0. The average Bonchev–Trinajstić information content (AvgIpc) is 2.88. The fraction of sp³-hybridized carbons (Fsp3) is 0.296. The Hall–Kier alpha value is -3.32. The fourth-order valence-electron chi connectivity index (χ4n) is 4.94. The third kappa shape index (κ3) is 4.53. The predicted molar refractivity (Wildman–Crippen MR) is 122 cm³/mol. The Labute approximate surface area is 196 Å². The molecule has 176 valence electrons. The van der Waals surface area contributed by atoms with Crippen LogP contribution in [0, 0.1) is 0 Å². The molecule has 0 aliphatic carbocycles. The number of halogens is 3. The number of nitrogens with zero attached hydrogens (tertiary/aromatic N) is 1. The van der Waals surface area contributed by atoms with Crippen LogP contribution in [0.2, 0.25) is 0 Å². The number of rotatable bonds is 6. The Balaban J connectivity index is 1.29. The molecule has 0 radical (unpaired) electrons. The molecule has 3 aromatic carbocycles. The first-order valence-electron chi connectivity index (χ1n) is 11.4. The van der Waals surface area contributed by atoms with Crippen molar-refractivity contribution in [2.24, 2.45) is 0 Å². The van der Waals surface area contributed by atoms with Crippen molar-refractivity contribution in [3.8, 4) is 5.75 Å². The van der Waals surface area contributed by atoms with Gasteiger partial charge in [0.25, 0.3) is 0 Å². The Morgan fingerprint density at radius 1 is 1.03 bits per heavy atom.